The van der Waals surface area contributed by atoms with Gasteiger partial charge in [-0.15, -0.1) is 11.8 Å². The van der Waals surface area contributed by atoms with Crippen LogP contribution in [0.5, 0.6) is 0 Å². The number of hydrogen-bond acceptors (Lipinski definition) is 4. The quantitative estimate of drug-likeness (QED) is 0.676. The van der Waals surface area contributed by atoms with E-state index in [0.29, 0.717) is 18.9 Å². The minimum atomic E-state index is -0.187. The highest BCUT2D eigenvalue weighted by atomic mass is 32.2. The molecule has 29 heavy (non-hydrogen) atoms. The van der Waals surface area contributed by atoms with Crippen LogP contribution < -0.4 is 10.2 Å². The lowest BCUT2D eigenvalue weighted by atomic mass is 10.2. The third-order valence-corrected chi connectivity index (χ3v) is 5.80. The maximum absolute atomic E-state index is 12.7. The molecule has 0 unspecified atom stereocenters. The van der Waals surface area contributed by atoms with Crippen LogP contribution in [0.4, 0.5) is 11.5 Å². The summed E-state index contributed by atoms with van der Waals surface area (Å²) < 4.78 is 1.74. The molecule has 2 heterocycles. The van der Waals surface area contributed by atoms with E-state index in [1.165, 1.54) is 0 Å². The highest BCUT2D eigenvalue weighted by molar-refractivity contribution is 7.99. The summed E-state index contributed by atoms with van der Waals surface area (Å²) in [4.78, 5) is 28.0. The Morgan fingerprint density at radius 3 is 2.66 bits per heavy atom. The lowest BCUT2D eigenvalue weighted by Gasteiger charge is -2.29. The van der Waals surface area contributed by atoms with Gasteiger partial charge in [0.2, 0.25) is 11.8 Å². The topological polar surface area (TPSA) is 67.2 Å². The summed E-state index contributed by atoms with van der Waals surface area (Å²) in [6.07, 6.45) is 1.98. The lowest BCUT2D eigenvalue weighted by molar-refractivity contribution is -0.122. The fourth-order valence-electron chi connectivity index (χ4n) is 3.31. The Labute approximate surface area is 173 Å². The molecule has 148 valence electrons. The molecule has 6 nitrogen and oxygen atoms in total. The average Bonchev–Trinajstić information content (AvgIpc) is 3.18. The number of carbonyl (C=O) groups is 2. The molecule has 2 aromatic carbocycles. The van der Waals surface area contributed by atoms with Gasteiger partial charge in [0, 0.05) is 36.1 Å². The molecule has 4 rings (SSSR count). The Morgan fingerprint density at radius 2 is 1.79 bits per heavy atom. The van der Waals surface area contributed by atoms with Crippen molar-refractivity contribution >= 4 is 35.1 Å². The molecule has 1 aliphatic rings. The first-order valence-electron chi connectivity index (χ1n) is 9.58. The zero-order valence-corrected chi connectivity index (χ0v) is 16.8. The van der Waals surface area contributed by atoms with E-state index < -0.39 is 0 Å². The largest absolute Gasteiger partial charge is 0.311 e. The third-order valence-electron chi connectivity index (χ3n) is 4.75. The molecule has 0 spiro atoms. The van der Waals surface area contributed by atoms with Crippen LogP contribution in [0.1, 0.15) is 18.4 Å². The second kappa shape index (κ2) is 8.96. The maximum atomic E-state index is 12.7. The second-order valence-corrected chi connectivity index (χ2v) is 7.91. The molecule has 0 atom stereocenters. The van der Waals surface area contributed by atoms with Crippen molar-refractivity contribution in [1.29, 1.82) is 0 Å². The van der Waals surface area contributed by atoms with Crippen molar-refractivity contribution in [3.05, 3.63) is 72.4 Å². The Hall–Kier alpha value is -3.06. The van der Waals surface area contributed by atoms with Crippen molar-refractivity contribution in [2.24, 2.45) is 0 Å². The Balaban J connectivity index is 1.33. The van der Waals surface area contributed by atoms with Crippen LogP contribution >= 0.6 is 11.8 Å². The van der Waals surface area contributed by atoms with Crippen molar-refractivity contribution in [3.8, 4) is 0 Å². The lowest BCUT2D eigenvalue weighted by Crippen LogP contribution is -2.35. The van der Waals surface area contributed by atoms with Gasteiger partial charge in [-0.3, -0.25) is 9.59 Å². The first-order chi connectivity index (χ1) is 14.2. The summed E-state index contributed by atoms with van der Waals surface area (Å²) in [5, 5.41) is 7.16. The third kappa shape index (κ3) is 4.68. The highest BCUT2D eigenvalue weighted by Crippen LogP contribution is 2.34. The highest BCUT2D eigenvalue weighted by Gasteiger charge is 2.23. The van der Waals surface area contributed by atoms with E-state index >= 15 is 0 Å². The van der Waals surface area contributed by atoms with Crippen molar-refractivity contribution < 1.29 is 9.59 Å². The van der Waals surface area contributed by atoms with Crippen LogP contribution in [-0.2, 0) is 16.1 Å². The van der Waals surface area contributed by atoms with Gasteiger partial charge in [0.1, 0.15) is 5.82 Å². The molecule has 3 aromatic rings. The van der Waals surface area contributed by atoms with E-state index in [4.69, 9.17) is 0 Å². The van der Waals surface area contributed by atoms with E-state index in [1.807, 2.05) is 54.6 Å². The molecule has 1 aliphatic heterocycles. The number of amides is 2. The Bertz CT molecular complexity index is 1000. The number of anilines is 2. The number of para-hydroxylation sites is 1. The number of carbonyl (C=O) groups excluding carboxylic acids is 2. The van der Waals surface area contributed by atoms with E-state index in [0.717, 1.165) is 21.9 Å². The van der Waals surface area contributed by atoms with E-state index in [9.17, 15) is 9.59 Å². The van der Waals surface area contributed by atoms with Crippen molar-refractivity contribution in [3.63, 3.8) is 0 Å². The van der Waals surface area contributed by atoms with Crippen LogP contribution in [0.25, 0.3) is 0 Å². The summed E-state index contributed by atoms with van der Waals surface area (Å²) in [6.45, 7) is 1.25. The van der Waals surface area contributed by atoms with Gasteiger partial charge in [-0.2, -0.15) is 5.10 Å². The number of thioether (sulfide) groups is 1. The molecule has 0 aliphatic carbocycles. The fraction of sp³-hybridized carbons (Fsp3) is 0.227. The van der Waals surface area contributed by atoms with Crippen LogP contribution in [0.15, 0.2) is 71.8 Å². The Morgan fingerprint density at radius 1 is 1.00 bits per heavy atom. The predicted molar refractivity (Wildman–Crippen MR) is 115 cm³/mol. The summed E-state index contributed by atoms with van der Waals surface area (Å²) in [6, 6.07) is 19.6. The van der Waals surface area contributed by atoms with Crippen molar-refractivity contribution in [2.75, 3.05) is 22.5 Å². The molecule has 0 saturated carbocycles. The molecule has 2 amide bonds. The SMILES string of the molecule is O=C(CCC(=O)N1CCSc2ccccc21)Nc1ccnn1Cc1ccccc1. The summed E-state index contributed by atoms with van der Waals surface area (Å²) >= 11 is 1.76. The van der Waals surface area contributed by atoms with Gasteiger partial charge >= 0.3 is 0 Å². The van der Waals surface area contributed by atoms with Crippen molar-refractivity contribution in [1.82, 2.24) is 9.78 Å². The predicted octanol–water partition coefficient (Wildman–Crippen LogP) is 3.79. The minimum Gasteiger partial charge on any atom is -0.311 e. The molecule has 7 heteroatoms. The first-order valence-corrected chi connectivity index (χ1v) is 10.6. The van der Waals surface area contributed by atoms with E-state index in [2.05, 4.69) is 10.4 Å². The first kappa shape index (κ1) is 19.3. The van der Waals surface area contributed by atoms with Crippen LogP contribution in [0, 0.1) is 0 Å². The van der Waals surface area contributed by atoms with Crippen LogP contribution in [-0.4, -0.2) is 33.9 Å². The van der Waals surface area contributed by atoms with E-state index in [1.54, 1.807) is 33.6 Å². The van der Waals surface area contributed by atoms with Gasteiger partial charge in [0.15, 0.2) is 0 Å². The van der Waals surface area contributed by atoms with Crippen LogP contribution in [0.2, 0.25) is 0 Å². The van der Waals surface area contributed by atoms with E-state index in [-0.39, 0.29) is 24.7 Å². The van der Waals surface area contributed by atoms with Gasteiger partial charge in [0.05, 0.1) is 18.4 Å². The minimum absolute atomic E-state index is 0.0225. The molecule has 1 N–H and O–H groups in total. The number of hydrogen-bond donors (Lipinski definition) is 1. The maximum Gasteiger partial charge on any atom is 0.227 e. The molecule has 0 fully saturated rings. The average molecular weight is 407 g/mol. The smallest absolute Gasteiger partial charge is 0.227 e. The number of rotatable bonds is 6. The molecular weight excluding hydrogens is 384 g/mol. The molecule has 1 aromatic heterocycles. The van der Waals surface area contributed by atoms with Crippen molar-refractivity contribution in [2.45, 2.75) is 24.3 Å². The molecule has 0 saturated heterocycles. The van der Waals surface area contributed by atoms with Gasteiger partial charge in [0.25, 0.3) is 0 Å². The number of nitrogens with one attached hydrogen (secondary N) is 1. The summed E-state index contributed by atoms with van der Waals surface area (Å²) in [5.74, 6) is 1.29. The normalized spacial score (nSPS) is 13.0. The number of benzene rings is 2. The van der Waals surface area contributed by atoms with Gasteiger partial charge in [-0.25, -0.2) is 4.68 Å². The number of aromatic nitrogens is 2. The monoisotopic (exact) mass is 406 g/mol. The van der Waals surface area contributed by atoms with Gasteiger partial charge < -0.3 is 10.2 Å². The van der Waals surface area contributed by atoms with Gasteiger partial charge in [-0.05, 0) is 17.7 Å². The summed E-state index contributed by atoms with van der Waals surface area (Å²) in [7, 11) is 0. The Kier molecular flexibility index (Phi) is 5.95. The molecule has 0 radical (unpaired) electrons. The number of fused-ring (bicyclic) bond motifs is 1. The zero-order chi connectivity index (χ0) is 20.1. The standard InChI is InChI=1S/C22H22N4O2S/c27-21(24-20-12-13-23-26(20)16-17-6-2-1-3-7-17)10-11-22(28)25-14-15-29-19-9-5-4-8-18(19)25/h1-9,12-13H,10-11,14-16H2,(H,24,27). The van der Waals surface area contributed by atoms with Gasteiger partial charge in [-0.1, -0.05) is 42.5 Å². The number of nitrogens with zero attached hydrogens (tertiary/aromatic N) is 3. The molecule has 0 bridgehead atoms. The fourth-order valence-corrected chi connectivity index (χ4v) is 4.31. The molecular formula is C22H22N4O2S. The zero-order valence-electron chi connectivity index (χ0n) is 16.0. The van der Waals surface area contributed by atoms with Crippen LogP contribution in [0.3, 0.4) is 0 Å². The summed E-state index contributed by atoms with van der Waals surface area (Å²) in [5.41, 5.74) is 2.04. The second-order valence-electron chi connectivity index (χ2n) is 6.77.